The summed E-state index contributed by atoms with van der Waals surface area (Å²) in [7, 11) is 0. The van der Waals surface area contributed by atoms with E-state index in [1.807, 2.05) is 6.08 Å². The van der Waals surface area contributed by atoms with Crippen molar-refractivity contribution in [3.05, 3.63) is 41.5 Å². The second-order valence-corrected chi connectivity index (χ2v) is 6.72. The van der Waals surface area contributed by atoms with Crippen molar-refractivity contribution in [3.63, 3.8) is 0 Å². The van der Waals surface area contributed by atoms with Crippen LogP contribution >= 0.6 is 0 Å². The molecule has 0 heterocycles. The minimum absolute atomic E-state index is 0.390. The molecule has 2 amide bonds. The highest BCUT2D eigenvalue weighted by molar-refractivity contribution is 5.98. The van der Waals surface area contributed by atoms with E-state index in [0.29, 0.717) is 11.5 Å². The van der Waals surface area contributed by atoms with Crippen LogP contribution in [0, 0.1) is 17.8 Å². The maximum absolute atomic E-state index is 12.3. The highest BCUT2D eigenvalue weighted by atomic mass is 16.5. The van der Waals surface area contributed by atoms with E-state index in [0.717, 1.165) is 5.56 Å². The first-order valence-corrected chi connectivity index (χ1v) is 8.12. The molecule has 1 saturated carbocycles. The quantitative estimate of drug-likeness (QED) is 0.370. The van der Waals surface area contributed by atoms with Gasteiger partial charge in [0.25, 0.3) is 11.8 Å². The second kappa shape index (κ2) is 7.97. The molecule has 2 rings (SSSR count). The first-order valence-electron chi connectivity index (χ1n) is 8.12. The Morgan fingerprint density at radius 3 is 2.48 bits per heavy atom. The zero-order valence-electron chi connectivity index (χ0n) is 14.4. The Hall–Kier alpha value is -2.62. The average molecular weight is 341 g/mol. The van der Waals surface area contributed by atoms with Crippen molar-refractivity contribution >= 4 is 17.9 Å². The van der Waals surface area contributed by atoms with Crippen LogP contribution < -0.4 is 16.5 Å². The summed E-state index contributed by atoms with van der Waals surface area (Å²) in [5.74, 6) is 5.48. The van der Waals surface area contributed by atoms with Gasteiger partial charge in [-0.2, -0.15) is 0 Å². The number of amides is 2. The fourth-order valence-electron chi connectivity index (χ4n) is 2.15. The molecule has 0 unspecified atom stereocenters. The molecule has 6 nitrogen and oxygen atoms in total. The van der Waals surface area contributed by atoms with Gasteiger partial charge in [0.05, 0.1) is 0 Å². The third kappa shape index (κ3) is 5.75. The smallest absolute Gasteiger partial charge is 0.267 e. The van der Waals surface area contributed by atoms with E-state index in [1.54, 1.807) is 44.2 Å². The first-order chi connectivity index (χ1) is 11.8. The highest BCUT2D eigenvalue weighted by Gasteiger charge is 2.33. The van der Waals surface area contributed by atoms with E-state index in [4.69, 9.17) is 10.9 Å². The van der Waals surface area contributed by atoms with Gasteiger partial charge in [0.1, 0.15) is 6.04 Å². The van der Waals surface area contributed by atoms with Crippen LogP contribution in [0.15, 0.2) is 30.3 Å². The molecule has 0 aliphatic heterocycles. The summed E-state index contributed by atoms with van der Waals surface area (Å²) in [5, 5.41) is 11.3. The van der Waals surface area contributed by atoms with Gasteiger partial charge in [-0.1, -0.05) is 24.0 Å². The molecule has 132 valence electrons. The molecule has 0 aromatic heterocycles. The largest absolute Gasteiger partial charge is 0.338 e. The number of hydrogen-bond acceptors (Lipinski definition) is 4. The highest BCUT2D eigenvalue weighted by Crippen LogP contribution is 2.27. The fourth-order valence-corrected chi connectivity index (χ4v) is 2.15. The zero-order valence-corrected chi connectivity index (χ0v) is 14.4. The summed E-state index contributed by atoms with van der Waals surface area (Å²) in [5.41, 5.74) is 7.69. The molecule has 1 aromatic rings. The van der Waals surface area contributed by atoms with Crippen molar-refractivity contribution in [1.82, 2.24) is 10.8 Å². The van der Waals surface area contributed by atoms with E-state index in [2.05, 4.69) is 17.2 Å². The molecule has 0 saturated heterocycles. The Bertz CT molecular complexity index is 717. The molecule has 6 heteroatoms. The normalized spacial score (nSPS) is 15.2. The Morgan fingerprint density at radius 2 is 1.96 bits per heavy atom. The van der Waals surface area contributed by atoms with Gasteiger partial charge in [-0.25, -0.2) is 5.48 Å². The topological polar surface area (TPSA) is 104 Å². The summed E-state index contributed by atoms with van der Waals surface area (Å²) < 4.78 is 0. The van der Waals surface area contributed by atoms with Crippen molar-refractivity contribution in [2.24, 2.45) is 11.7 Å². The van der Waals surface area contributed by atoms with Gasteiger partial charge in [-0.3, -0.25) is 14.8 Å². The molecule has 1 fully saturated rings. The van der Waals surface area contributed by atoms with Crippen LogP contribution in [-0.4, -0.2) is 28.6 Å². The van der Waals surface area contributed by atoms with Crippen LogP contribution in [0.25, 0.3) is 6.08 Å². The van der Waals surface area contributed by atoms with Crippen LogP contribution in [0.3, 0.4) is 0 Å². The minimum Gasteiger partial charge on any atom is -0.338 e. The van der Waals surface area contributed by atoms with Crippen LogP contribution in [0.4, 0.5) is 0 Å². The predicted molar refractivity (Wildman–Crippen MR) is 95.4 cm³/mol. The fraction of sp³-hybridized carbons (Fsp3) is 0.368. The van der Waals surface area contributed by atoms with Gasteiger partial charge in [-0.05, 0) is 56.5 Å². The lowest BCUT2D eigenvalue weighted by atomic mass is 9.95. The summed E-state index contributed by atoms with van der Waals surface area (Å²) >= 11 is 0. The summed E-state index contributed by atoms with van der Waals surface area (Å²) in [6, 6.07) is 5.82. The van der Waals surface area contributed by atoms with Crippen LogP contribution in [-0.2, 0) is 4.79 Å². The second-order valence-electron chi connectivity index (χ2n) is 6.72. The maximum atomic E-state index is 12.3. The number of nitrogens with one attached hydrogen (secondary N) is 2. The standard InChI is InChI=1S/C19H23N3O3/c1-19(2,20)16(18(24)22-25)21-17(23)15-11-9-14(10-12-15)6-4-3-5-13-7-8-13/h4,6,9-13,16,25H,7-8,20H2,1-2H3,(H,21,23)(H,22,24)/b6-4+/t16-/m1/s1. The number of benzene rings is 1. The van der Waals surface area contributed by atoms with Crippen LogP contribution in [0.2, 0.25) is 0 Å². The SMILES string of the molecule is CC(C)(N)[C@H](NC(=O)c1ccc(/C=C/C#CC2CC2)cc1)C(=O)NO. The molecule has 1 atom stereocenters. The number of rotatable bonds is 5. The zero-order chi connectivity index (χ0) is 18.4. The number of nitrogens with two attached hydrogens (primary N) is 1. The molecular formula is C19H23N3O3. The van der Waals surface area contributed by atoms with Gasteiger partial charge in [0, 0.05) is 17.0 Å². The summed E-state index contributed by atoms with van der Waals surface area (Å²) in [4.78, 5) is 24.0. The lowest BCUT2D eigenvalue weighted by Gasteiger charge is -2.29. The van der Waals surface area contributed by atoms with Crippen molar-refractivity contribution in [2.45, 2.75) is 38.3 Å². The van der Waals surface area contributed by atoms with E-state index in [-0.39, 0.29) is 0 Å². The number of allylic oxidation sites excluding steroid dienone is 1. The van der Waals surface area contributed by atoms with Gasteiger partial charge in [-0.15, -0.1) is 0 Å². The molecule has 1 aliphatic carbocycles. The lowest BCUT2D eigenvalue weighted by molar-refractivity contribution is -0.132. The Labute approximate surface area is 147 Å². The third-order valence-corrected chi connectivity index (χ3v) is 3.79. The number of hydroxylamine groups is 1. The Kier molecular flexibility index (Phi) is 5.97. The lowest BCUT2D eigenvalue weighted by Crippen LogP contribution is -2.61. The van der Waals surface area contributed by atoms with Gasteiger partial charge in [0.2, 0.25) is 0 Å². The first kappa shape index (κ1) is 18.7. The van der Waals surface area contributed by atoms with Crippen molar-refractivity contribution in [1.29, 1.82) is 0 Å². The molecule has 0 spiro atoms. The number of carbonyl (C=O) groups is 2. The van der Waals surface area contributed by atoms with Crippen LogP contribution in [0.1, 0.15) is 42.6 Å². The molecule has 0 bridgehead atoms. The monoisotopic (exact) mass is 341 g/mol. The average Bonchev–Trinajstić information content (AvgIpc) is 3.39. The molecule has 0 radical (unpaired) electrons. The van der Waals surface area contributed by atoms with Crippen molar-refractivity contribution in [2.75, 3.05) is 0 Å². The van der Waals surface area contributed by atoms with Crippen LogP contribution in [0.5, 0.6) is 0 Å². The molecule has 5 N–H and O–H groups in total. The maximum Gasteiger partial charge on any atom is 0.267 e. The van der Waals surface area contributed by atoms with E-state index < -0.39 is 23.4 Å². The van der Waals surface area contributed by atoms with E-state index >= 15 is 0 Å². The Balaban J connectivity index is 2.01. The molecular weight excluding hydrogens is 318 g/mol. The van der Waals surface area contributed by atoms with Gasteiger partial charge >= 0.3 is 0 Å². The number of hydrogen-bond donors (Lipinski definition) is 4. The number of carbonyl (C=O) groups excluding carboxylic acids is 2. The Morgan fingerprint density at radius 1 is 1.32 bits per heavy atom. The summed E-state index contributed by atoms with van der Waals surface area (Å²) in [6.45, 7) is 3.17. The van der Waals surface area contributed by atoms with Crippen molar-refractivity contribution < 1.29 is 14.8 Å². The molecule has 1 aromatic carbocycles. The van der Waals surface area contributed by atoms with E-state index in [9.17, 15) is 9.59 Å². The third-order valence-electron chi connectivity index (χ3n) is 3.79. The van der Waals surface area contributed by atoms with E-state index in [1.165, 1.54) is 18.3 Å². The van der Waals surface area contributed by atoms with Crippen molar-refractivity contribution in [3.8, 4) is 11.8 Å². The predicted octanol–water partition coefficient (Wildman–Crippen LogP) is 1.45. The van der Waals surface area contributed by atoms with Gasteiger partial charge < -0.3 is 11.1 Å². The molecule has 25 heavy (non-hydrogen) atoms. The minimum atomic E-state index is -1.07. The summed E-state index contributed by atoms with van der Waals surface area (Å²) in [6.07, 6.45) is 6.06. The van der Waals surface area contributed by atoms with Gasteiger partial charge in [0.15, 0.2) is 0 Å². The molecule has 1 aliphatic rings.